The number of unbranched alkanes of at least 4 members (excludes halogenated alkanes) is 16. The van der Waals surface area contributed by atoms with E-state index in [2.05, 4.69) is 67.8 Å². The number of amides is 1. The average Bonchev–Trinajstić information content (AvgIpc) is 3.34. The van der Waals surface area contributed by atoms with Gasteiger partial charge in [0, 0.05) is 6.42 Å². The first kappa shape index (κ1) is 61.5. The molecule has 0 aromatic rings. The fourth-order valence-electron chi connectivity index (χ4n) is 8.14. The molecule has 0 aromatic heterocycles. The van der Waals surface area contributed by atoms with Crippen molar-refractivity contribution < 1.29 is 64.6 Å². The molecule has 0 radical (unpaired) electrons. The normalized spacial score (nSPS) is 27.0. The molecule has 2 saturated heterocycles. The van der Waals surface area contributed by atoms with Crippen LogP contribution in [0.4, 0.5) is 0 Å². The highest BCUT2D eigenvalue weighted by Crippen LogP contribution is 2.30. The number of allylic oxidation sites excluding steroid dienone is 11. The second kappa shape index (κ2) is 40.1. The third-order valence-corrected chi connectivity index (χ3v) is 12.4. The van der Waals surface area contributed by atoms with Crippen molar-refractivity contribution in [2.24, 2.45) is 0 Å². The number of hydrogen-bond acceptors (Lipinski definition) is 13. The monoisotopic (exact) mass is 964 g/mol. The molecule has 0 aliphatic carbocycles. The summed E-state index contributed by atoms with van der Waals surface area (Å²) in [4.78, 5) is 13.1. The van der Waals surface area contributed by atoms with Gasteiger partial charge in [-0.3, -0.25) is 4.79 Å². The number of aliphatic hydroxyl groups is 8. The number of carbonyl (C=O) groups excluding carboxylic acids is 1. The molecule has 2 fully saturated rings. The molecule has 2 aliphatic rings. The number of carbonyl (C=O) groups is 1. The zero-order chi connectivity index (χ0) is 49.6. The Bertz CT molecular complexity index is 1420. The van der Waals surface area contributed by atoms with E-state index in [1.165, 1.54) is 96.3 Å². The van der Waals surface area contributed by atoms with Gasteiger partial charge < -0.3 is 65.1 Å². The quantitative estimate of drug-likeness (QED) is 0.0220. The molecule has 14 nitrogen and oxygen atoms in total. The van der Waals surface area contributed by atoms with Gasteiger partial charge in [-0.2, -0.15) is 0 Å². The molecular formula is C54H93NO13. The SMILES string of the molecule is CC/C=C\C/C=C\C/C=C\C/C=C\CCC(=O)NC(COC1OC(CO)C(OC2OC(CO)C(O)C(O)C2O)C(O)C1O)C(O)/C=C/CC/C=C/CCCCCCCCCCCCCCCCC. The average molecular weight is 964 g/mol. The highest BCUT2D eigenvalue weighted by Gasteiger charge is 2.51. The maximum absolute atomic E-state index is 13.1. The first-order chi connectivity index (χ1) is 33.1. The summed E-state index contributed by atoms with van der Waals surface area (Å²) in [6, 6.07) is -0.972. The van der Waals surface area contributed by atoms with E-state index < -0.39 is 86.8 Å². The van der Waals surface area contributed by atoms with Crippen molar-refractivity contribution in [3.63, 3.8) is 0 Å². The molecule has 2 rings (SSSR count). The Morgan fingerprint density at radius 2 is 1.03 bits per heavy atom. The van der Waals surface area contributed by atoms with Crippen molar-refractivity contribution in [2.45, 2.75) is 242 Å². The second-order valence-electron chi connectivity index (χ2n) is 18.3. The predicted molar refractivity (Wildman–Crippen MR) is 267 cm³/mol. The lowest BCUT2D eigenvalue weighted by atomic mass is 9.97. The molecule has 14 heteroatoms. The van der Waals surface area contributed by atoms with E-state index in [1.54, 1.807) is 6.08 Å². The van der Waals surface area contributed by atoms with Gasteiger partial charge in [0.15, 0.2) is 12.6 Å². The third kappa shape index (κ3) is 26.6. The molecule has 392 valence electrons. The van der Waals surface area contributed by atoms with Crippen LogP contribution in [0.1, 0.15) is 168 Å². The molecule has 0 saturated carbocycles. The van der Waals surface area contributed by atoms with Gasteiger partial charge in [-0.05, 0) is 57.8 Å². The fraction of sp³-hybridized carbons (Fsp3) is 0.759. The van der Waals surface area contributed by atoms with Gasteiger partial charge in [-0.1, -0.05) is 177 Å². The maximum Gasteiger partial charge on any atom is 0.220 e. The van der Waals surface area contributed by atoms with Crippen molar-refractivity contribution in [1.29, 1.82) is 0 Å². The molecular weight excluding hydrogens is 871 g/mol. The zero-order valence-corrected chi connectivity index (χ0v) is 41.6. The number of aliphatic hydroxyl groups excluding tert-OH is 8. The number of hydrogen-bond donors (Lipinski definition) is 9. The minimum Gasteiger partial charge on any atom is -0.394 e. The van der Waals surface area contributed by atoms with Crippen molar-refractivity contribution in [2.75, 3.05) is 19.8 Å². The Balaban J connectivity index is 1.86. The summed E-state index contributed by atoms with van der Waals surface area (Å²) in [5.74, 6) is -0.332. The summed E-state index contributed by atoms with van der Waals surface area (Å²) in [6.07, 6.45) is 34.0. The Hall–Kier alpha value is -2.57. The van der Waals surface area contributed by atoms with Gasteiger partial charge in [0.1, 0.15) is 48.8 Å². The summed E-state index contributed by atoms with van der Waals surface area (Å²) < 4.78 is 22.6. The molecule has 0 spiro atoms. The Kier molecular flexibility index (Phi) is 36.3. The van der Waals surface area contributed by atoms with E-state index in [9.17, 15) is 45.6 Å². The summed E-state index contributed by atoms with van der Waals surface area (Å²) in [6.45, 7) is 2.59. The van der Waals surface area contributed by atoms with Gasteiger partial charge in [-0.25, -0.2) is 0 Å². The summed E-state index contributed by atoms with van der Waals surface area (Å²) in [7, 11) is 0. The summed E-state index contributed by atoms with van der Waals surface area (Å²) in [5, 5.41) is 86.7. The molecule has 0 aromatic carbocycles. The molecule has 2 aliphatic heterocycles. The molecule has 12 unspecified atom stereocenters. The highest BCUT2D eigenvalue weighted by molar-refractivity contribution is 5.76. The summed E-state index contributed by atoms with van der Waals surface area (Å²) in [5.41, 5.74) is 0. The van der Waals surface area contributed by atoms with Gasteiger partial charge in [0.05, 0.1) is 32.0 Å². The van der Waals surface area contributed by atoms with E-state index in [0.29, 0.717) is 12.8 Å². The van der Waals surface area contributed by atoms with Crippen LogP contribution in [0, 0.1) is 0 Å². The third-order valence-electron chi connectivity index (χ3n) is 12.4. The zero-order valence-electron chi connectivity index (χ0n) is 41.6. The number of ether oxygens (including phenoxy) is 4. The van der Waals surface area contributed by atoms with Crippen molar-refractivity contribution in [3.8, 4) is 0 Å². The van der Waals surface area contributed by atoms with E-state index in [1.807, 2.05) is 18.2 Å². The minimum absolute atomic E-state index is 0.149. The van der Waals surface area contributed by atoms with Crippen LogP contribution in [-0.4, -0.2) is 140 Å². The first-order valence-corrected chi connectivity index (χ1v) is 26.2. The van der Waals surface area contributed by atoms with E-state index >= 15 is 0 Å². The van der Waals surface area contributed by atoms with Crippen LogP contribution in [0.5, 0.6) is 0 Å². The number of rotatable bonds is 39. The van der Waals surface area contributed by atoms with Crippen LogP contribution in [0.3, 0.4) is 0 Å². The van der Waals surface area contributed by atoms with Gasteiger partial charge in [0.25, 0.3) is 0 Å². The van der Waals surface area contributed by atoms with Crippen LogP contribution >= 0.6 is 0 Å². The minimum atomic E-state index is -1.80. The lowest BCUT2D eigenvalue weighted by Gasteiger charge is -2.46. The lowest BCUT2D eigenvalue weighted by Crippen LogP contribution is -2.65. The Morgan fingerprint density at radius 1 is 0.544 bits per heavy atom. The maximum atomic E-state index is 13.1. The lowest BCUT2D eigenvalue weighted by molar-refractivity contribution is -0.359. The van der Waals surface area contributed by atoms with Gasteiger partial charge in [-0.15, -0.1) is 0 Å². The van der Waals surface area contributed by atoms with Gasteiger partial charge in [0.2, 0.25) is 5.91 Å². The van der Waals surface area contributed by atoms with Crippen LogP contribution in [-0.2, 0) is 23.7 Å². The smallest absolute Gasteiger partial charge is 0.220 e. The topological polar surface area (TPSA) is 228 Å². The van der Waals surface area contributed by atoms with E-state index in [-0.39, 0.29) is 18.9 Å². The van der Waals surface area contributed by atoms with Crippen molar-refractivity contribution in [3.05, 3.63) is 72.9 Å². The largest absolute Gasteiger partial charge is 0.394 e. The number of nitrogens with one attached hydrogen (secondary N) is 1. The molecule has 1 amide bonds. The molecule has 12 atom stereocenters. The molecule has 68 heavy (non-hydrogen) atoms. The highest BCUT2D eigenvalue weighted by atomic mass is 16.7. The predicted octanol–water partition coefficient (Wildman–Crippen LogP) is 7.21. The summed E-state index contributed by atoms with van der Waals surface area (Å²) >= 11 is 0. The molecule has 0 bridgehead atoms. The van der Waals surface area contributed by atoms with Gasteiger partial charge >= 0.3 is 0 Å². The Labute approximate surface area is 408 Å². The van der Waals surface area contributed by atoms with Crippen LogP contribution in [0.15, 0.2) is 72.9 Å². The molecule has 9 N–H and O–H groups in total. The van der Waals surface area contributed by atoms with Crippen LogP contribution < -0.4 is 5.32 Å². The Morgan fingerprint density at radius 3 is 1.60 bits per heavy atom. The van der Waals surface area contributed by atoms with Crippen LogP contribution in [0.25, 0.3) is 0 Å². The van der Waals surface area contributed by atoms with E-state index in [4.69, 9.17) is 18.9 Å². The van der Waals surface area contributed by atoms with E-state index in [0.717, 1.165) is 38.5 Å². The standard InChI is InChI=1S/C54H93NO13/c1-3-5-7-9-11-13-15-17-18-19-20-21-22-23-24-26-27-29-31-33-35-37-43(58)42(55-46(59)38-36-34-32-30-28-25-16-14-12-10-8-6-4-2)41-65-53-51(64)49(62)52(45(40-57)67-53)68-54-50(63)48(61)47(60)44(39-56)66-54/h6,8,12,14,25,27-29,32,34-35,37,42-45,47-54,56-58,60-64H,3-5,7,9-11,13,15-24,26,30-31,33,36,38-41H2,1-2H3,(H,55,59)/b8-6-,14-12-,28-25-,29-27+,34-32-,37-35+. The van der Waals surface area contributed by atoms with Crippen molar-refractivity contribution >= 4 is 5.91 Å². The molecule has 2 heterocycles. The van der Waals surface area contributed by atoms with Crippen molar-refractivity contribution in [1.82, 2.24) is 5.32 Å². The van der Waals surface area contributed by atoms with Crippen LogP contribution in [0.2, 0.25) is 0 Å². The fourth-order valence-corrected chi connectivity index (χ4v) is 8.14. The second-order valence-corrected chi connectivity index (χ2v) is 18.3. The first-order valence-electron chi connectivity index (χ1n) is 26.2.